The molecule has 1 fully saturated rings. The van der Waals surface area contributed by atoms with Crippen LogP contribution in [-0.2, 0) is 38.0 Å². The van der Waals surface area contributed by atoms with Crippen molar-refractivity contribution < 1.29 is 43.1 Å². The number of hydrogen-bond donors (Lipinski definition) is 1. The fourth-order valence-corrected chi connectivity index (χ4v) is 2.57. The van der Waals surface area contributed by atoms with Crippen molar-refractivity contribution in [2.45, 2.75) is 50.7 Å². The summed E-state index contributed by atoms with van der Waals surface area (Å²) < 4.78 is 31.4. The van der Waals surface area contributed by atoms with Crippen LogP contribution >= 0.6 is 0 Å². The minimum atomic E-state index is -1.35. The molecule has 1 rings (SSSR count). The van der Waals surface area contributed by atoms with E-state index in [4.69, 9.17) is 28.4 Å². The smallest absolute Gasteiger partial charge is 0.303 e. The van der Waals surface area contributed by atoms with Crippen LogP contribution in [0.4, 0.5) is 0 Å². The van der Waals surface area contributed by atoms with Crippen LogP contribution in [0.5, 0.6) is 0 Å². The maximum atomic E-state index is 11.4. The molecule has 1 N–H and O–H groups in total. The third-order valence-electron chi connectivity index (χ3n) is 3.41. The molecule has 0 bridgehead atoms. The molecule has 9 nitrogen and oxygen atoms in total. The summed E-state index contributed by atoms with van der Waals surface area (Å²) in [6.45, 7) is 2.45. The fourth-order valence-electron chi connectivity index (χ4n) is 2.57. The number of carbonyl (C=O) groups excluding carboxylic acids is 2. The Morgan fingerprint density at radius 2 is 1.65 bits per heavy atom. The Balaban J connectivity index is 3.11. The molecule has 0 saturated carbocycles. The van der Waals surface area contributed by atoms with Gasteiger partial charge in [-0.2, -0.15) is 0 Å². The predicted molar refractivity (Wildman–Crippen MR) is 75.5 cm³/mol. The van der Waals surface area contributed by atoms with Gasteiger partial charge in [0.1, 0.15) is 18.3 Å². The van der Waals surface area contributed by atoms with Gasteiger partial charge in [-0.05, 0) is 0 Å². The summed E-state index contributed by atoms with van der Waals surface area (Å²) in [5.74, 6) is -1.13. The van der Waals surface area contributed by atoms with Gasteiger partial charge in [0.15, 0.2) is 18.5 Å². The van der Waals surface area contributed by atoms with Gasteiger partial charge in [0.05, 0.1) is 6.61 Å². The number of methoxy groups -OCH3 is 3. The lowest BCUT2D eigenvalue weighted by Gasteiger charge is -2.44. The molecular formula is C14H24O9. The number of esters is 2. The zero-order chi connectivity index (χ0) is 17.6. The molecule has 0 aliphatic carbocycles. The second-order valence-corrected chi connectivity index (χ2v) is 5.07. The Kier molecular flexibility index (Phi) is 7.86. The molecular weight excluding hydrogens is 312 g/mol. The van der Waals surface area contributed by atoms with E-state index in [-0.39, 0.29) is 6.61 Å². The van der Waals surface area contributed by atoms with E-state index >= 15 is 0 Å². The normalized spacial score (nSPS) is 32.2. The van der Waals surface area contributed by atoms with Crippen molar-refractivity contribution in [3.05, 3.63) is 0 Å². The van der Waals surface area contributed by atoms with Crippen molar-refractivity contribution >= 4 is 11.9 Å². The highest BCUT2D eigenvalue weighted by atomic mass is 16.7. The molecule has 1 aliphatic rings. The third-order valence-corrected chi connectivity index (χ3v) is 3.41. The SMILES string of the molecule is COC[C@@H](OC(C)=O)[C@H]1OC(O)[C@H](OC)[C@@H](OC)[C@@H]1OC(C)=O. The van der Waals surface area contributed by atoms with E-state index in [0.29, 0.717) is 0 Å². The van der Waals surface area contributed by atoms with Crippen LogP contribution in [-0.4, -0.2) is 81.8 Å². The Labute approximate surface area is 134 Å². The van der Waals surface area contributed by atoms with Gasteiger partial charge in [-0.3, -0.25) is 9.59 Å². The Morgan fingerprint density at radius 3 is 2.09 bits per heavy atom. The van der Waals surface area contributed by atoms with Gasteiger partial charge in [-0.1, -0.05) is 0 Å². The van der Waals surface area contributed by atoms with Crippen LogP contribution < -0.4 is 0 Å². The topological polar surface area (TPSA) is 110 Å². The highest BCUT2D eigenvalue weighted by molar-refractivity contribution is 5.67. The van der Waals surface area contributed by atoms with Gasteiger partial charge in [-0.15, -0.1) is 0 Å². The maximum absolute atomic E-state index is 11.4. The summed E-state index contributed by atoms with van der Waals surface area (Å²) in [7, 11) is 4.18. The number of ether oxygens (including phenoxy) is 6. The van der Waals surface area contributed by atoms with E-state index in [0.717, 1.165) is 0 Å². The van der Waals surface area contributed by atoms with Crippen LogP contribution in [0.25, 0.3) is 0 Å². The first-order valence-electron chi connectivity index (χ1n) is 7.08. The molecule has 1 unspecified atom stereocenters. The first-order valence-corrected chi connectivity index (χ1v) is 7.08. The average Bonchev–Trinajstić information content (AvgIpc) is 2.46. The van der Waals surface area contributed by atoms with Gasteiger partial charge in [0.2, 0.25) is 0 Å². The van der Waals surface area contributed by atoms with Crippen molar-refractivity contribution in [2.24, 2.45) is 0 Å². The Bertz CT molecular complexity index is 400. The predicted octanol–water partition coefficient (Wildman–Crippen LogP) is -0.757. The lowest BCUT2D eigenvalue weighted by atomic mass is 9.94. The largest absolute Gasteiger partial charge is 0.457 e. The summed E-state index contributed by atoms with van der Waals surface area (Å²) >= 11 is 0. The van der Waals surface area contributed by atoms with Gasteiger partial charge >= 0.3 is 11.9 Å². The van der Waals surface area contributed by atoms with E-state index in [2.05, 4.69) is 0 Å². The van der Waals surface area contributed by atoms with Crippen molar-refractivity contribution in [1.82, 2.24) is 0 Å². The molecule has 6 atom stereocenters. The highest BCUT2D eigenvalue weighted by Gasteiger charge is 2.51. The molecule has 0 spiro atoms. The van der Waals surface area contributed by atoms with Crippen molar-refractivity contribution in [3.63, 3.8) is 0 Å². The lowest BCUT2D eigenvalue weighted by molar-refractivity contribution is -0.310. The summed E-state index contributed by atoms with van der Waals surface area (Å²) in [6.07, 6.45) is -5.86. The summed E-state index contributed by atoms with van der Waals surface area (Å²) in [4.78, 5) is 22.7. The number of hydrogen-bond acceptors (Lipinski definition) is 9. The van der Waals surface area contributed by atoms with Gasteiger partial charge < -0.3 is 33.5 Å². The molecule has 1 heterocycles. The van der Waals surface area contributed by atoms with Crippen LogP contribution in [0.3, 0.4) is 0 Å². The minimum Gasteiger partial charge on any atom is -0.457 e. The summed E-state index contributed by atoms with van der Waals surface area (Å²) in [6, 6.07) is 0. The standard InChI is InChI=1S/C14H24O9/c1-7(15)21-9(6-18-3)10-12(22-8(2)16)11(19-4)13(20-5)14(17)23-10/h9-14,17H,6H2,1-5H3/t9-,10-,11+,12-,13-,14?/m1/s1. The molecule has 23 heavy (non-hydrogen) atoms. The van der Waals surface area contributed by atoms with Gasteiger partial charge in [0, 0.05) is 35.2 Å². The van der Waals surface area contributed by atoms with Gasteiger partial charge in [0.25, 0.3) is 0 Å². The van der Waals surface area contributed by atoms with Crippen LogP contribution in [0.15, 0.2) is 0 Å². The lowest BCUT2D eigenvalue weighted by Crippen LogP contribution is -2.63. The molecule has 134 valence electrons. The van der Waals surface area contributed by atoms with E-state index < -0.39 is 48.7 Å². The number of rotatable bonds is 7. The van der Waals surface area contributed by atoms with Crippen LogP contribution in [0, 0.1) is 0 Å². The van der Waals surface area contributed by atoms with Gasteiger partial charge in [-0.25, -0.2) is 0 Å². The molecule has 0 aromatic rings. The van der Waals surface area contributed by atoms with Crippen molar-refractivity contribution in [2.75, 3.05) is 27.9 Å². The Hall–Kier alpha value is -1.26. The monoisotopic (exact) mass is 336 g/mol. The third kappa shape index (κ3) is 5.11. The van der Waals surface area contributed by atoms with E-state index in [1.54, 1.807) is 0 Å². The number of aliphatic hydroxyl groups is 1. The van der Waals surface area contributed by atoms with E-state index in [1.165, 1.54) is 35.2 Å². The molecule has 1 aliphatic heterocycles. The summed E-state index contributed by atoms with van der Waals surface area (Å²) in [5, 5.41) is 10.1. The van der Waals surface area contributed by atoms with Crippen molar-refractivity contribution in [1.29, 1.82) is 0 Å². The molecule has 0 aromatic heterocycles. The molecule has 1 saturated heterocycles. The zero-order valence-corrected chi connectivity index (χ0v) is 13.9. The number of aliphatic hydroxyl groups excluding tert-OH is 1. The highest BCUT2D eigenvalue weighted by Crippen LogP contribution is 2.29. The summed E-state index contributed by atoms with van der Waals surface area (Å²) in [5.41, 5.74) is 0. The molecule has 9 heteroatoms. The molecule has 0 amide bonds. The van der Waals surface area contributed by atoms with Crippen molar-refractivity contribution in [3.8, 4) is 0 Å². The maximum Gasteiger partial charge on any atom is 0.303 e. The average molecular weight is 336 g/mol. The second-order valence-electron chi connectivity index (χ2n) is 5.07. The quantitative estimate of drug-likeness (QED) is 0.600. The van der Waals surface area contributed by atoms with E-state index in [1.807, 2.05) is 0 Å². The van der Waals surface area contributed by atoms with Crippen LogP contribution in [0.2, 0.25) is 0 Å². The Morgan fingerprint density at radius 1 is 1.04 bits per heavy atom. The zero-order valence-electron chi connectivity index (χ0n) is 13.9. The first-order chi connectivity index (χ1) is 10.8. The molecule has 0 aromatic carbocycles. The second kappa shape index (κ2) is 9.14. The minimum absolute atomic E-state index is 0.0111. The number of carbonyl (C=O) groups is 2. The van der Waals surface area contributed by atoms with Crippen LogP contribution in [0.1, 0.15) is 13.8 Å². The molecule has 0 radical (unpaired) electrons. The first kappa shape index (κ1) is 19.8. The van der Waals surface area contributed by atoms with E-state index in [9.17, 15) is 14.7 Å². The fraction of sp³-hybridized carbons (Fsp3) is 0.857.